The first-order valence-electron chi connectivity index (χ1n) is 5.46. The van der Waals surface area contributed by atoms with E-state index in [1.807, 2.05) is 0 Å². The van der Waals surface area contributed by atoms with Crippen molar-refractivity contribution in [2.45, 2.75) is 25.1 Å². The molecule has 0 bridgehead atoms. The Bertz CT molecular complexity index is 440. The van der Waals surface area contributed by atoms with Gasteiger partial charge in [0.15, 0.2) is 0 Å². The molecule has 1 aromatic rings. The SMILES string of the molecule is Nc1ccc(C(=O)N(CC(F)(F)F)C2CC2)nc1. The Morgan fingerprint density at radius 1 is 1.44 bits per heavy atom. The molecule has 18 heavy (non-hydrogen) atoms. The number of carbonyl (C=O) groups is 1. The van der Waals surface area contributed by atoms with Crippen molar-refractivity contribution in [2.24, 2.45) is 0 Å². The molecular formula is C11H12F3N3O. The van der Waals surface area contributed by atoms with Gasteiger partial charge in [-0.15, -0.1) is 0 Å². The molecule has 0 saturated heterocycles. The molecule has 0 atom stereocenters. The fourth-order valence-electron chi connectivity index (χ4n) is 1.63. The van der Waals surface area contributed by atoms with E-state index in [9.17, 15) is 18.0 Å². The van der Waals surface area contributed by atoms with Crippen molar-refractivity contribution in [1.29, 1.82) is 0 Å². The number of alkyl halides is 3. The van der Waals surface area contributed by atoms with Crippen LogP contribution in [0.4, 0.5) is 18.9 Å². The average molecular weight is 259 g/mol. The number of pyridine rings is 1. The van der Waals surface area contributed by atoms with E-state index in [1.54, 1.807) is 0 Å². The highest BCUT2D eigenvalue weighted by Crippen LogP contribution is 2.31. The highest BCUT2D eigenvalue weighted by Gasteiger charge is 2.41. The third kappa shape index (κ3) is 3.12. The van der Waals surface area contributed by atoms with E-state index in [2.05, 4.69) is 4.98 Å². The van der Waals surface area contributed by atoms with E-state index in [0.717, 1.165) is 4.90 Å². The summed E-state index contributed by atoms with van der Waals surface area (Å²) in [6.07, 6.45) is -1.93. The number of aromatic nitrogens is 1. The Morgan fingerprint density at radius 3 is 2.56 bits per heavy atom. The Labute approximate surface area is 102 Å². The molecule has 0 radical (unpaired) electrons. The summed E-state index contributed by atoms with van der Waals surface area (Å²) in [6, 6.07) is 2.46. The number of hydrogen-bond donors (Lipinski definition) is 1. The number of rotatable bonds is 3. The van der Waals surface area contributed by atoms with Crippen molar-refractivity contribution < 1.29 is 18.0 Å². The first-order chi connectivity index (χ1) is 8.37. The van der Waals surface area contributed by atoms with Gasteiger partial charge in [0.25, 0.3) is 5.91 Å². The highest BCUT2D eigenvalue weighted by molar-refractivity contribution is 5.93. The van der Waals surface area contributed by atoms with Gasteiger partial charge in [-0.3, -0.25) is 4.79 Å². The topological polar surface area (TPSA) is 59.2 Å². The molecule has 1 aliphatic carbocycles. The summed E-state index contributed by atoms with van der Waals surface area (Å²) in [6.45, 7) is -1.23. The van der Waals surface area contributed by atoms with Crippen LogP contribution in [0.1, 0.15) is 23.3 Å². The van der Waals surface area contributed by atoms with E-state index in [-0.39, 0.29) is 11.7 Å². The summed E-state index contributed by atoms with van der Waals surface area (Å²) in [5.41, 5.74) is 5.76. The molecule has 2 rings (SSSR count). The van der Waals surface area contributed by atoms with Gasteiger partial charge in [0, 0.05) is 6.04 Å². The van der Waals surface area contributed by atoms with Gasteiger partial charge >= 0.3 is 6.18 Å². The fraction of sp³-hybridized carbons (Fsp3) is 0.455. The maximum atomic E-state index is 12.4. The summed E-state index contributed by atoms with van der Waals surface area (Å²) in [5.74, 6) is -0.699. The number of nitrogens with zero attached hydrogens (tertiary/aromatic N) is 2. The van der Waals surface area contributed by atoms with Crippen LogP contribution in [0, 0.1) is 0 Å². The summed E-state index contributed by atoms with van der Waals surface area (Å²) in [5, 5.41) is 0. The van der Waals surface area contributed by atoms with Crippen molar-refractivity contribution in [3.05, 3.63) is 24.0 Å². The van der Waals surface area contributed by atoms with Crippen molar-refractivity contribution in [3.63, 3.8) is 0 Å². The van der Waals surface area contributed by atoms with Crippen LogP contribution in [0.3, 0.4) is 0 Å². The second-order valence-corrected chi connectivity index (χ2v) is 4.26. The van der Waals surface area contributed by atoms with Crippen LogP contribution in [0.2, 0.25) is 0 Å². The largest absolute Gasteiger partial charge is 0.406 e. The van der Waals surface area contributed by atoms with Crippen LogP contribution in [0.15, 0.2) is 18.3 Å². The van der Waals surface area contributed by atoms with Gasteiger partial charge in [-0.25, -0.2) is 4.98 Å². The van der Waals surface area contributed by atoms with Gasteiger partial charge in [-0.1, -0.05) is 0 Å². The molecule has 1 aliphatic rings. The van der Waals surface area contributed by atoms with Gasteiger partial charge in [0.05, 0.1) is 11.9 Å². The van der Waals surface area contributed by atoms with E-state index in [1.165, 1.54) is 18.3 Å². The molecule has 0 unspecified atom stereocenters. The van der Waals surface area contributed by atoms with Crippen LogP contribution < -0.4 is 5.73 Å². The fourth-order valence-corrected chi connectivity index (χ4v) is 1.63. The molecule has 1 fully saturated rings. The van der Waals surface area contributed by atoms with Crippen molar-refractivity contribution in [3.8, 4) is 0 Å². The molecule has 1 amide bonds. The Kier molecular flexibility index (Phi) is 3.14. The molecule has 0 aliphatic heterocycles. The predicted octanol–water partition coefficient (Wildman–Crippen LogP) is 1.83. The molecule has 0 spiro atoms. The summed E-state index contributed by atoms with van der Waals surface area (Å²) in [4.78, 5) is 16.5. The lowest BCUT2D eigenvalue weighted by Gasteiger charge is -2.23. The van der Waals surface area contributed by atoms with Crippen LogP contribution in [0.5, 0.6) is 0 Å². The Hall–Kier alpha value is -1.79. The van der Waals surface area contributed by atoms with E-state index in [0.29, 0.717) is 18.5 Å². The Balaban J connectivity index is 2.15. The molecule has 1 heterocycles. The summed E-state index contributed by atoms with van der Waals surface area (Å²) >= 11 is 0. The van der Waals surface area contributed by atoms with Gasteiger partial charge in [0.1, 0.15) is 12.2 Å². The number of amides is 1. The lowest BCUT2D eigenvalue weighted by atomic mass is 10.3. The maximum absolute atomic E-state index is 12.4. The number of halogens is 3. The molecule has 7 heteroatoms. The second kappa shape index (κ2) is 4.47. The number of nitrogens with two attached hydrogens (primary N) is 1. The minimum atomic E-state index is -4.40. The van der Waals surface area contributed by atoms with Gasteiger partial charge in [-0.2, -0.15) is 13.2 Å². The van der Waals surface area contributed by atoms with Crippen LogP contribution in [0.25, 0.3) is 0 Å². The second-order valence-electron chi connectivity index (χ2n) is 4.26. The molecule has 0 aromatic carbocycles. The number of carbonyl (C=O) groups excluding carboxylic acids is 1. The van der Waals surface area contributed by atoms with Crippen LogP contribution >= 0.6 is 0 Å². The summed E-state index contributed by atoms with van der Waals surface area (Å²) in [7, 11) is 0. The minimum Gasteiger partial charge on any atom is -0.397 e. The smallest absolute Gasteiger partial charge is 0.397 e. The van der Waals surface area contributed by atoms with E-state index >= 15 is 0 Å². The quantitative estimate of drug-likeness (QED) is 0.900. The van der Waals surface area contributed by atoms with Crippen LogP contribution in [-0.2, 0) is 0 Å². The number of hydrogen-bond acceptors (Lipinski definition) is 3. The standard InChI is InChI=1S/C11H12F3N3O/c12-11(13,14)6-17(8-2-3-8)10(18)9-4-1-7(15)5-16-9/h1,4-5,8H,2-3,6,15H2. The van der Waals surface area contributed by atoms with Crippen molar-refractivity contribution >= 4 is 11.6 Å². The molecule has 1 aromatic heterocycles. The first-order valence-corrected chi connectivity index (χ1v) is 5.46. The van der Waals surface area contributed by atoms with Crippen LogP contribution in [-0.4, -0.2) is 34.6 Å². The van der Waals surface area contributed by atoms with Crippen molar-refractivity contribution in [1.82, 2.24) is 9.88 Å². The monoisotopic (exact) mass is 259 g/mol. The zero-order valence-corrected chi connectivity index (χ0v) is 9.44. The molecule has 98 valence electrons. The Morgan fingerprint density at radius 2 is 2.11 bits per heavy atom. The lowest BCUT2D eigenvalue weighted by Crippen LogP contribution is -2.40. The van der Waals surface area contributed by atoms with Gasteiger partial charge in [-0.05, 0) is 25.0 Å². The zero-order chi connectivity index (χ0) is 13.3. The average Bonchev–Trinajstić information content (AvgIpc) is 3.08. The van der Waals surface area contributed by atoms with Crippen molar-refractivity contribution in [2.75, 3.05) is 12.3 Å². The number of nitrogen functional groups attached to an aromatic ring is 1. The van der Waals surface area contributed by atoms with E-state index in [4.69, 9.17) is 5.73 Å². The number of anilines is 1. The highest BCUT2D eigenvalue weighted by atomic mass is 19.4. The van der Waals surface area contributed by atoms with Gasteiger partial charge < -0.3 is 10.6 Å². The van der Waals surface area contributed by atoms with Gasteiger partial charge in [0.2, 0.25) is 0 Å². The van der Waals surface area contributed by atoms with E-state index < -0.39 is 18.6 Å². The molecular weight excluding hydrogens is 247 g/mol. The normalized spacial score (nSPS) is 15.5. The third-order valence-corrected chi connectivity index (χ3v) is 2.60. The maximum Gasteiger partial charge on any atom is 0.406 e. The molecule has 1 saturated carbocycles. The lowest BCUT2D eigenvalue weighted by molar-refractivity contribution is -0.141. The minimum absolute atomic E-state index is 0.0136. The summed E-state index contributed by atoms with van der Waals surface area (Å²) < 4.78 is 37.2. The first kappa shape index (κ1) is 12.7. The predicted molar refractivity (Wildman–Crippen MR) is 58.8 cm³/mol. The molecule has 4 nitrogen and oxygen atoms in total. The molecule has 2 N–H and O–H groups in total. The zero-order valence-electron chi connectivity index (χ0n) is 9.44. The third-order valence-electron chi connectivity index (χ3n) is 2.60.